The minimum Gasteiger partial charge on any atom is -0.307 e. The van der Waals surface area contributed by atoms with E-state index in [-0.39, 0.29) is 11.2 Å². The fraction of sp³-hybridized carbons (Fsp3) is 0.333. The number of hydrogen-bond acceptors (Lipinski definition) is 2. The van der Waals surface area contributed by atoms with Crippen molar-refractivity contribution < 1.29 is 4.79 Å². The Kier molecular flexibility index (Phi) is 1.55. The highest BCUT2D eigenvalue weighted by Crippen LogP contribution is 2.48. The maximum Gasteiger partial charge on any atom is 0.141 e. The van der Waals surface area contributed by atoms with Crippen LogP contribution in [0.25, 0.3) is 5.65 Å². The molecule has 76 valence electrons. The number of carbonyl (C=O) groups is 1. The molecule has 15 heavy (non-hydrogen) atoms. The van der Waals surface area contributed by atoms with Gasteiger partial charge in [0, 0.05) is 12.4 Å². The van der Waals surface area contributed by atoms with Crippen LogP contribution in [0.15, 0.2) is 30.6 Å². The van der Waals surface area contributed by atoms with Crippen LogP contribution in [0.4, 0.5) is 0 Å². The molecule has 3 rings (SSSR count). The van der Waals surface area contributed by atoms with Crippen LogP contribution >= 0.6 is 0 Å². The zero-order valence-corrected chi connectivity index (χ0v) is 8.60. The Morgan fingerprint density at radius 2 is 2.27 bits per heavy atom. The lowest BCUT2D eigenvalue weighted by Crippen LogP contribution is -2.17. The van der Waals surface area contributed by atoms with E-state index in [9.17, 15) is 4.79 Å². The van der Waals surface area contributed by atoms with Gasteiger partial charge in [-0.1, -0.05) is 6.07 Å². The Bertz CT molecular complexity index is 504. The molecule has 0 unspecified atom stereocenters. The first kappa shape index (κ1) is 8.65. The maximum absolute atomic E-state index is 11.6. The van der Waals surface area contributed by atoms with Crippen LogP contribution in [0.2, 0.25) is 0 Å². The first-order chi connectivity index (χ1) is 7.22. The van der Waals surface area contributed by atoms with Crippen LogP contribution < -0.4 is 0 Å². The van der Waals surface area contributed by atoms with Gasteiger partial charge in [-0.3, -0.25) is 4.79 Å². The molecule has 0 bridgehead atoms. The molecule has 0 amide bonds. The molecule has 0 aromatic carbocycles. The Labute approximate surface area is 87.7 Å². The lowest BCUT2D eigenvalue weighted by Gasteiger charge is -2.05. The van der Waals surface area contributed by atoms with Crippen molar-refractivity contribution in [3.8, 4) is 0 Å². The standard InChI is InChI=1S/C12H12N2O/c1-9(15)12(5-6-12)10-8-14-7-3-2-4-11(14)13-10/h2-4,7-8H,5-6H2,1H3. The minimum absolute atomic E-state index is 0.242. The molecule has 1 aliphatic carbocycles. The van der Waals surface area contributed by atoms with Gasteiger partial charge >= 0.3 is 0 Å². The Morgan fingerprint density at radius 1 is 1.47 bits per heavy atom. The molecule has 0 atom stereocenters. The number of hydrogen-bond donors (Lipinski definition) is 0. The number of fused-ring (bicyclic) bond motifs is 1. The Balaban J connectivity index is 2.17. The van der Waals surface area contributed by atoms with Gasteiger partial charge in [0.25, 0.3) is 0 Å². The molecule has 3 heteroatoms. The van der Waals surface area contributed by atoms with Gasteiger partial charge in [-0.15, -0.1) is 0 Å². The van der Waals surface area contributed by atoms with Crippen molar-refractivity contribution in [1.29, 1.82) is 0 Å². The normalized spacial score (nSPS) is 17.9. The molecular formula is C12H12N2O. The SMILES string of the molecule is CC(=O)C1(c2cn3ccccc3n2)CC1. The highest BCUT2D eigenvalue weighted by atomic mass is 16.1. The summed E-state index contributed by atoms with van der Waals surface area (Å²) in [6.45, 7) is 1.66. The lowest BCUT2D eigenvalue weighted by molar-refractivity contribution is -0.119. The molecular weight excluding hydrogens is 188 g/mol. The summed E-state index contributed by atoms with van der Waals surface area (Å²) in [6, 6.07) is 5.88. The largest absolute Gasteiger partial charge is 0.307 e. The van der Waals surface area contributed by atoms with E-state index in [0.29, 0.717) is 0 Å². The monoisotopic (exact) mass is 200 g/mol. The van der Waals surface area contributed by atoms with Crippen LogP contribution in [0, 0.1) is 0 Å². The molecule has 1 aliphatic rings. The van der Waals surface area contributed by atoms with E-state index in [1.807, 2.05) is 35.0 Å². The molecule has 3 nitrogen and oxygen atoms in total. The van der Waals surface area contributed by atoms with E-state index < -0.39 is 0 Å². The summed E-state index contributed by atoms with van der Waals surface area (Å²) in [5.41, 5.74) is 1.59. The average Bonchev–Trinajstić information content (AvgIpc) is 2.93. The molecule has 1 fully saturated rings. The number of pyridine rings is 1. The smallest absolute Gasteiger partial charge is 0.141 e. The summed E-state index contributed by atoms with van der Waals surface area (Å²) < 4.78 is 1.97. The van der Waals surface area contributed by atoms with E-state index in [1.165, 1.54) is 0 Å². The molecule has 0 radical (unpaired) electrons. The Hall–Kier alpha value is -1.64. The molecule has 1 saturated carbocycles. The topological polar surface area (TPSA) is 34.4 Å². The first-order valence-corrected chi connectivity index (χ1v) is 5.18. The summed E-state index contributed by atoms with van der Waals surface area (Å²) >= 11 is 0. The summed E-state index contributed by atoms with van der Waals surface area (Å²) in [6.07, 6.45) is 5.84. The molecule has 2 aromatic heterocycles. The molecule has 2 aromatic rings. The second kappa shape index (κ2) is 2.69. The van der Waals surface area contributed by atoms with Gasteiger partial charge in [0.2, 0.25) is 0 Å². The van der Waals surface area contributed by atoms with Crippen LogP contribution in [0.3, 0.4) is 0 Å². The van der Waals surface area contributed by atoms with Gasteiger partial charge in [-0.05, 0) is 31.9 Å². The van der Waals surface area contributed by atoms with Gasteiger partial charge in [-0.2, -0.15) is 0 Å². The quantitative estimate of drug-likeness (QED) is 0.742. The number of imidazole rings is 1. The van der Waals surface area contributed by atoms with Crippen LogP contribution in [-0.2, 0) is 10.2 Å². The summed E-state index contributed by atoms with van der Waals surface area (Å²) in [4.78, 5) is 16.1. The maximum atomic E-state index is 11.6. The summed E-state index contributed by atoms with van der Waals surface area (Å²) in [5, 5.41) is 0. The van der Waals surface area contributed by atoms with Crippen molar-refractivity contribution >= 4 is 11.4 Å². The van der Waals surface area contributed by atoms with Crippen molar-refractivity contribution in [3.05, 3.63) is 36.3 Å². The molecule has 0 spiro atoms. The second-order valence-corrected chi connectivity index (χ2v) is 4.23. The van der Waals surface area contributed by atoms with Gasteiger partial charge < -0.3 is 4.40 Å². The third-order valence-corrected chi connectivity index (χ3v) is 3.28. The van der Waals surface area contributed by atoms with Crippen molar-refractivity contribution in [2.45, 2.75) is 25.2 Å². The molecule has 0 N–H and O–H groups in total. The Morgan fingerprint density at radius 3 is 2.87 bits per heavy atom. The van der Waals surface area contributed by atoms with E-state index in [2.05, 4.69) is 4.98 Å². The third-order valence-electron chi connectivity index (χ3n) is 3.28. The highest BCUT2D eigenvalue weighted by Gasteiger charge is 2.50. The molecule has 0 saturated heterocycles. The molecule has 2 heterocycles. The fourth-order valence-corrected chi connectivity index (χ4v) is 2.08. The second-order valence-electron chi connectivity index (χ2n) is 4.23. The highest BCUT2D eigenvalue weighted by molar-refractivity contribution is 5.90. The number of rotatable bonds is 2. The third kappa shape index (κ3) is 1.12. The number of nitrogens with zero attached hydrogens (tertiary/aromatic N) is 2. The zero-order valence-electron chi connectivity index (χ0n) is 8.60. The van der Waals surface area contributed by atoms with Crippen molar-refractivity contribution in [2.24, 2.45) is 0 Å². The van der Waals surface area contributed by atoms with Crippen molar-refractivity contribution in [3.63, 3.8) is 0 Å². The molecule has 0 aliphatic heterocycles. The van der Waals surface area contributed by atoms with E-state index >= 15 is 0 Å². The van der Waals surface area contributed by atoms with E-state index in [1.54, 1.807) is 6.92 Å². The fourth-order valence-electron chi connectivity index (χ4n) is 2.08. The van der Waals surface area contributed by atoms with Crippen LogP contribution in [-0.4, -0.2) is 15.2 Å². The zero-order chi connectivity index (χ0) is 10.5. The number of ketones is 1. The lowest BCUT2D eigenvalue weighted by atomic mass is 9.99. The van der Waals surface area contributed by atoms with Gasteiger partial charge in [0.05, 0.1) is 11.1 Å². The van der Waals surface area contributed by atoms with Gasteiger partial charge in [0.15, 0.2) is 0 Å². The van der Waals surface area contributed by atoms with Gasteiger partial charge in [-0.25, -0.2) is 4.98 Å². The van der Waals surface area contributed by atoms with E-state index in [4.69, 9.17) is 0 Å². The van der Waals surface area contributed by atoms with Crippen molar-refractivity contribution in [2.75, 3.05) is 0 Å². The predicted octanol–water partition coefficient (Wildman–Crippen LogP) is 1.95. The summed E-state index contributed by atoms with van der Waals surface area (Å²) in [7, 11) is 0. The van der Waals surface area contributed by atoms with Crippen LogP contribution in [0.1, 0.15) is 25.5 Å². The number of carbonyl (C=O) groups excluding carboxylic acids is 1. The van der Waals surface area contributed by atoms with Crippen molar-refractivity contribution in [1.82, 2.24) is 9.38 Å². The van der Waals surface area contributed by atoms with E-state index in [0.717, 1.165) is 24.2 Å². The van der Waals surface area contributed by atoms with Gasteiger partial charge in [0.1, 0.15) is 11.4 Å². The first-order valence-electron chi connectivity index (χ1n) is 5.18. The summed E-state index contributed by atoms with van der Waals surface area (Å²) in [5.74, 6) is 0.242. The number of aromatic nitrogens is 2. The average molecular weight is 200 g/mol. The predicted molar refractivity (Wildman–Crippen MR) is 56.8 cm³/mol. The number of Topliss-reactive ketones (excluding diaryl/α,β-unsaturated/α-hetero) is 1. The minimum atomic E-state index is -0.258. The van der Waals surface area contributed by atoms with Crippen LogP contribution in [0.5, 0.6) is 0 Å².